The number of aliphatic hydroxyl groups is 1. The Morgan fingerprint density at radius 1 is 1.17 bits per heavy atom. The first kappa shape index (κ1) is 22.8. The summed E-state index contributed by atoms with van der Waals surface area (Å²) in [5, 5.41) is 11.5. The van der Waals surface area contributed by atoms with E-state index in [1.54, 1.807) is 0 Å². The zero-order valence-corrected chi connectivity index (χ0v) is 19.2. The van der Waals surface area contributed by atoms with E-state index in [2.05, 4.69) is 38.7 Å². The SMILES string of the molecule is CCCCCN(CCCCC)C[C@@H]1C(=O)O[C@H]2CC3=CCC[C@@H](C)[C@]3(C)[C@H](O)[C@@H]21. The molecule has 1 heterocycles. The maximum Gasteiger partial charge on any atom is 0.311 e. The van der Waals surface area contributed by atoms with Gasteiger partial charge in [0, 0.05) is 24.3 Å². The summed E-state index contributed by atoms with van der Waals surface area (Å²) < 4.78 is 5.86. The van der Waals surface area contributed by atoms with Crippen LogP contribution in [-0.4, -0.2) is 47.8 Å². The molecule has 0 radical (unpaired) electrons. The van der Waals surface area contributed by atoms with Crippen molar-refractivity contribution >= 4 is 5.97 Å². The molecule has 0 bridgehead atoms. The Bertz CT molecular complexity index is 579. The lowest BCUT2D eigenvalue weighted by molar-refractivity contribution is -0.145. The molecule has 0 aromatic rings. The summed E-state index contributed by atoms with van der Waals surface area (Å²) in [6, 6.07) is 0. The molecule has 3 aliphatic rings. The lowest BCUT2D eigenvalue weighted by Gasteiger charge is -2.52. The van der Waals surface area contributed by atoms with Gasteiger partial charge < -0.3 is 14.7 Å². The van der Waals surface area contributed by atoms with Crippen LogP contribution in [0.4, 0.5) is 0 Å². The number of carbonyl (C=O) groups excluding carboxylic acids is 1. The number of fused-ring (bicyclic) bond motifs is 2. The van der Waals surface area contributed by atoms with Gasteiger partial charge >= 0.3 is 5.97 Å². The van der Waals surface area contributed by atoms with Crippen molar-refractivity contribution in [3.05, 3.63) is 11.6 Å². The Kier molecular flexibility index (Phi) is 7.83. The number of hydrogen-bond donors (Lipinski definition) is 1. The molecule has 3 rings (SSSR count). The van der Waals surface area contributed by atoms with E-state index in [1.807, 2.05) is 0 Å². The highest BCUT2D eigenvalue weighted by Crippen LogP contribution is 2.56. The average molecular weight is 406 g/mol. The number of allylic oxidation sites excluding steroid dienone is 1. The Balaban J connectivity index is 1.75. The summed E-state index contributed by atoms with van der Waals surface area (Å²) in [4.78, 5) is 15.4. The second kappa shape index (κ2) is 9.96. The van der Waals surface area contributed by atoms with Gasteiger partial charge in [0.25, 0.3) is 0 Å². The molecular weight excluding hydrogens is 362 g/mol. The molecule has 1 aliphatic heterocycles. The van der Waals surface area contributed by atoms with Gasteiger partial charge in [-0.15, -0.1) is 0 Å². The second-order valence-corrected chi connectivity index (χ2v) is 10.0. The van der Waals surface area contributed by atoms with Crippen molar-refractivity contribution in [2.45, 2.75) is 97.7 Å². The smallest absolute Gasteiger partial charge is 0.311 e. The molecule has 4 nitrogen and oxygen atoms in total. The normalized spacial score (nSPS) is 36.6. The second-order valence-electron chi connectivity index (χ2n) is 10.0. The lowest BCUT2D eigenvalue weighted by Crippen LogP contribution is -2.54. The third-order valence-electron chi connectivity index (χ3n) is 8.18. The van der Waals surface area contributed by atoms with Gasteiger partial charge in [-0.05, 0) is 44.7 Å². The van der Waals surface area contributed by atoms with Crippen LogP contribution in [0, 0.1) is 23.2 Å². The minimum absolute atomic E-state index is 0.0648. The molecule has 0 amide bonds. The van der Waals surface area contributed by atoms with Gasteiger partial charge in [0.05, 0.1) is 12.0 Å². The van der Waals surface area contributed by atoms with Crippen LogP contribution < -0.4 is 0 Å². The van der Waals surface area contributed by atoms with Crippen molar-refractivity contribution in [3.8, 4) is 0 Å². The summed E-state index contributed by atoms with van der Waals surface area (Å²) in [6.07, 6.45) is 11.9. The van der Waals surface area contributed by atoms with Gasteiger partial charge in [-0.3, -0.25) is 4.79 Å². The predicted molar refractivity (Wildman–Crippen MR) is 118 cm³/mol. The number of aliphatic hydroxyl groups excluding tert-OH is 1. The number of carbonyl (C=O) groups is 1. The molecular formula is C25H43NO3. The fraction of sp³-hybridized carbons (Fsp3) is 0.880. The van der Waals surface area contributed by atoms with Crippen LogP contribution in [0.15, 0.2) is 11.6 Å². The van der Waals surface area contributed by atoms with E-state index in [-0.39, 0.29) is 29.3 Å². The number of ether oxygens (including phenoxy) is 1. The zero-order chi connectivity index (χ0) is 21.0. The highest BCUT2D eigenvalue weighted by molar-refractivity contribution is 5.76. The van der Waals surface area contributed by atoms with Crippen LogP contribution in [-0.2, 0) is 9.53 Å². The highest BCUT2D eigenvalue weighted by Gasteiger charge is 2.59. The first-order valence-electron chi connectivity index (χ1n) is 12.2. The van der Waals surface area contributed by atoms with Crippen molar-refractivity contribution in [1.29, 1.82) is 0 Å². The molecule has 6 atom stereocenters. The molecule has 2 aliphatic carbocycles. The summed E-state index contributed by atoms with van der Waals surface area (Å²) in [6.45, 7) is 11.8. The largest absolute Gasteiger partial charge is 0.461 e. The molecule has 0 unspecified atom stereocenters. The highest BCUT2D eigenvalue weighted by atomic mass is 16.6. The van der Waals surface area contributed by atoms with Crippen molar-refractivity contribution in [3.63, 3.8) is 0 Å². The minimum Gasteiger partial charge on any atom is -0.461 e. The zero-order valence-electron chi connectivity index (χ0n) is 19.2. The fourth-order valence-corrected chi connectivity index (χ4v) is 6.02. The molecule has 2 fully saturated rings. The monoisotopic (exact) mass is 405 g/mol. The molecule has 166 valence electrons. The van der Waals surface area contributed by atoms with Crippen LogP contribution in [0.5, 0.6) is 0 Å². The first-order chi connectivity index (χ1) is 13.9. The van der Waals surface area contributed by atoms with E-state index in [0.29, 0.717) is 5.92 Å². The van der Waals surface area contributed by atoms with E-state index in [1.165, 1.54) is 44.1 Å². The maximum atomic E-state index is 12.9. The van der Waals surface area contributed by atoms with Crippen molar-refractivity contribution in [2.24, 2.45) is 23.2 Å². The van der Waals surface area contributed by atoms with Gasteiger partial charge in [-0.25, -0.2) is 0 Å². The predicted octanol–water partition coefficient (Wildman–Crippen LogP) is 4.95. The molecule has 1 saturated heterocycles. The Morgan fingerprint density at radius 2 is 1.83 bits per heavy atom. The fourth-order valence-electron chi connectivity index (χ4n) is 6.02. The van der Waals surface area contributed by atoms with Gasteiger partial charge in [0.2, 0.25) is 0 Å². The van der Waals surface area contributed by atoms with E-state index in [0.717, 1.165) is 38.9 Å². The molecule has 0 spiro atoms. The number of hydrogen-bond acceptors (Lipinski definition) is 4. The summed E-state index contributed by atoms with van der Waals surface area (Å²) in [7, 11) is 0. The average Bonchev–Trinajstić information content (AvgIpc) is 3.00. The molecule has 0 aromatic carbocycles. The third-order valence-corrected chi connectivity index (χ3v) is 8.18. The topological polar surface area (TPSA) is 49.8 Å². The van der Waals surface area contributed by atoms with Gasteiger partial charge in [0.15, 0.2) is 0 Å². The van der Waals surface area contributed by atoms with E-state index in [9.17, 15) is 9.90 Å². The van der Waals surface area contributed by atoms with Crippen LogP contribution in [0.1, 0.15) is 85.5 Å². The maximum absolute atomic E-state index is 12.9. The Morgan fingerprint density at radius 3 is 2.45 bits per heavy atom. The molecule has 4 heteroatoms. The number of nitrogens with zero attached hydrogens (tertiary/aromatic N) is 1. The summed E-state index contributed by atoms with van der Waals surface area (Å²) in [5.74, 6) is 0.112. The van der Waals surface area contributed by atoms with Gasteiger partial charge in [-0.1, -0.05) is 65.0 Å². The lowest BCUT2D eigenvalue weighted by atomic mass is 9.55. The van der Waals surface area contributed by atoms with Crippen LogP contribution in [0.25, 0.3) is 0 Å². The van der Waals surface area contributed by atoms with Crippen molar-refractivity contribution < 1.29 is 14.6 Å². The Hall–Kier alpha value is -0.870. The number of unbranched alkanes of at least 4 members (excludes halogenated alkanes) is 4. The standard InChI is InChI=1S/C25H43NO3/c1-5-7-9-14-26(15-10-8-6-2)17-20-22-21(29-24(20)28)16-19-13-11-12-18(3)25(19,4)23(22)27/h13,18,20-23,27H,5-12,14-17H2,1-4H3/t18-,20+,21+,22-,23-,25+/m1/s1. The van der Waals surface area contributed by atoms with Crippen LogP contribution in [0.2, 0.25) is 0 Å². The molecule has 0 aromatic heterocycles. The molecule has 29 heavy (non-hydrogen) atoms. The number of esters is 1. The van der Waals surface area contributed by atoms with Crippen LogP contribution >= 0.6 is 0 Å². The summed E-state index contributed by atoms with van der Waals surface area (Å²) in [5.41, 5.74) is 1.11. The third kappa shape index (κ3) is 4.58. The first-order valence-corrected chi connectivity index (χ1v) is 12.2. The van der Waals surface area contributed by atoms with E-state index in [4.69, 9.17) is 4.74 Å². The Labute approximate surface area is 178 Å². The molecule has 1 saturated carbocycles. The van der Waals surface area contributed by atoms with E-state index < -0.39 is 6.10 Å². The van der Waals surface area contributed by atoms with Gasteiger partial charge in [0.1, 0.15) is 6.10 Å². The quantitative estimate of drug-likeness (QED) is 0.317. The van der Waals surface area contributed by atoms with E-state index >= 15 is 0 Å². The minimum atomic E-state index is -0.493. The molecule has 1 N–H and O–H groups in total. The van der Waals surface area contributed by atoms with Crippen molar-refractivity contribution in [1.82, 2.24) is 4.90 Å². The van der Waals surface area contributed by atoms with Crippen LogP contribution in [0.3, 0.4) is 0 Å². The van der Waals surface area contributed by atoms with Gasteiger partial charge in [-0.2, -0.15) is 0 Å². The summed E-state index contributed by atoms with van der Waals surface area (Å²) >= 11 is 0. The number of rotatable bonds is 10. The van der Waals surface area contributed by atoms with Crippen molar-refractivity contribution in [2.75, 3.05) is 19.6 Å².